The molecule has 7 aromatic carbocycles. The Hall–Kier alpha value is -6.76. The average molecular weight is 1030 g/mol. The predicted molar refractivity (Wildman–Crippen MR) is 277 cm³/mol. The van der Waals surface area contributed by atoms with Crippen molar-refractivity contribution in [3.63, 3.8) is 0 Å². The predicted octanol–water partition coefficient (Wildman–Crippen LogP) is 6.87. The minimum atomic E-state index is -5.26. The van der Waals surface area contributed by atoms with Gasteiger partial charge in [-0.15, -0.1) is 0 Å². The van der Waals surface area contributed by atoms with Gasteiger partial charge in [-0.3, -0.25) is 14.1 Å². The fraction of sp³-hybridized carbons (Fsp3) is 0.179. The van der Waals surface area contributed by atoms with E-state index in [0.29, 0.717) is 68.5 Å². The molecule has 17 heteroatoms. The molecule has 0 saturated carbocycles. The summed E-state index contributed by atoms with van der Waals surface area (Å²) in [5.41, 5.74) is 10.3. The van der Waals surface area contributed by atoms with E-state index >= 15 is 0 Å². The molecule has 0 radical (unpaired) electrons. The molecule has 0 bridgehead atoms. The molecule has 0 aliphatic heterocycles. The van der Waals surface area contributed by atoms with Crippen LogP contribution in [0, 0.1) is 47.5 Å². The number of aryl methyl sites for hydroxylation is 4. The second-order valence-corrected chi connectivity index (χ2v) is 20.3. The Balaban J connectivity index is 0.00000869. The SMILES string of the molecule is CNC(=O)c1c(C)cc(C)c(Nc2ccc([C+](c3ccc(Nc4c(C)cc(C)c(C(=O)NC)c4C)c(C(=O)OCc4ccccc4)c3)c3ccc(S(=O)(=O)[O-])cc3S(=O)(=O)O)cc2Cc2ccccc2)c1C.[Na+]. The van der Waals surface area contributed by atoms with E-state index in [0.717, 1.165) is 39.9 Å². The number of carbonyl (C=O) groups is 3. The number of esters is 1. The number of rotatable bonds is 16. The molecule has 0 spiro atoms. The fourth-order valence-electron chi connectivity index (χ4n) is 9.14. The summed E-state index contributed by atoms with van der Waals surface area (Å²) in [6.45, 7) is 11.0. The van der Waals surface area contributed by atoms with E-state index in [1.807, 2.05) is 89.2 Å². The van der Waals surface area contributed by atoms with Crippen LogP contribution in [0.25, 0.3) is 0 Å². The summed E-state index contributed by atoms with van der Waals surface area (Å²) in [5, 5.41) is 12.4. The normalized spacial score (nSPS) is 11.3. The van der Waals surface area contributed by atoms with E-state index in [9.17, 15) is 40.3 Å². The Morgan fingerprint density at radius 2 is 1.10 bits per heavy atom. The van der Waals surface area contributed by atoms with Crippen molar-refractivity contribution in [3.8, 4) is 0 Å². The van der Waals surface area contributed by atoms with Crippen LogP contribution in [-0.4, -0.2) is 57.8 Å². The van der Waals surface area contributed by atoms with Gasteiger partial charge in [0.2, 0.25) is 0 Å². The van der Waals surface area contributed by atoms with Gasteiger partial charge in [-0.2, -0.15) is 8.42 Å². The van der Waals surface area contributed by atoms with E-state index < -0.39 is 36.0 Å². The van der Waals surface area contributed by atoms with Gasteiger partial charge in [-0.1, -0.05) is 72.8 Å². The first kappa shape index (κ1) is 55.6. The molecule has 0 fully saturated rings. The van der Waals surface area contributed by atoms with E-state index in [1.165, 1.54) is 13.1 Å². The summed E-state index contributed by atoms with van der Waals surface area (Å²) >= 11 is 0. The zero-order chi connectivity index (χ0) is 52.2. The van der Waals surface area contributed by atoms with Crippen LogP contribution in [0.3, 0.4) is 0 Å². The molecule has 5 N–H and O–H groups in total. The third kappa shape index (κ3) is 12.4. The van der Waals surface area contributed by atoms with Crippen molar-refractivity contribution in [1.29, 1.82) is 0 Å². The number of nitrogens with one attached hydrogen (secondary N) is 4. The van der Waals surface area contributed by atoms with E-state index in [4.69, 9.17) is 4.74 Å². The van der Waals surface area contributed by atoms with E-state index in [1.54, 1.807) is 62.5 Å². The summed E-state index contributed by atoms with van der Waals surface area (Å²) in [5.74, 6) is -1.21. The molecule has 7 rings (SSSR count). The van der Waals surface area contributed by atoms with E-state index in [-0.39, 0.29) is 76.3 Å². The zero-order valence-corrected chi connectivity index (χ0v) is 45.6. The molecular weight excluding hydrogens is 976 g/mol. The Labute approximate surface area is 448 Å². The molecule has 0 heterocycles. The largest absolute Gasteiger partial charge is 1.00 e. The number of benzene rings is 7. The molecular formula is C56H54N4NaO10S2+. The molecule has 0 aliphatic rings. The Kier molecular flexibility index (Phi) is 17.5. The standard InChI is InChI=1S/C56H54N4O10S2.Na/c1-32-25-34(3)52(36(5)49(32)54(61)57-7)59-46-23-19-40(28-42(46)27-38-15-11-9-12-16-38)51(44-22-21-43(71(64,65)66)30-48(44)72(67,68)69)41-20-24-47(45(29-41)56(63)70-31-39-17-13-10-14-18-39)60-53-35(4)26-33(2)50(37(53)6)55(62)58-8;/h9-26,28-30,59H,27,31H2,1-8H3,(H4-,57,58,60,61,62,63,64,65,66,67,68,69);/q;+1. The second kappa shape index (κ2) is 23.0. The van der Waals surface area contributed by atoms with Crippen LogP contribution in [0.4, 0.5) is 22.7 Å². The number of ether oxygens (including phenoxy) is 1. The van der Waals surface area contributed by atoms with Crippen molar-refractivity contribution in [3.05, 3.63) is 217 Å². The Morgan fingerprint density at radius 3 is 1.60 bits per heavy atom. The first-order valence-corrected chi connectivity index (χ1v) is 25.6. The van der Waals surface area contributed by atoms with Crippen LogP contribution in [-0.2, 0) is 38.0 Å². The monoisotopic (exact) mass is 1030 g/mol. The first-order chi connectivity index (χ1) is 34.1. The smallest absolute Gasteiger partial charge is 0.744 e. The summed E-state index contributed by atoms with van der Waals surface area (Å²) in [6, 6.07) is 35.1. The van der Waals surface area contributed by atoms with Crippen molar-refractivity contribution >= 4 is 60.8 Å². The maximum Gasteiger partial charge on any atom is 1.00 e. The summed E-state index contributed by atoms with van der Waals surface area (Å²) in [4.78, 5) is 39.0. The van der Waals surface area contributed by atoms with Crippen LogP contribution in [0.2, 0.25) is 0 Å². The maximum absolute atomic E-state index is 14.5. The quantitative estimate of drug-likeness (QED) is 0.0220. The van der Waals surface area contributed by atoms with E-state index in [2.05, 4.69) is 21.3 Å². The van der Waals surface area contributed by atoms with Crippen molar-refractivity contribution in [2.45, 2.75) is 64.4 Å². The molecule has 14 nitrogen and oxygen atoms in total. The average Bonchev–Trinajstić information content (AvgIpc) is 3.34. The number of hydrogen-bond donors (Lipinski definition) is 5. The molecule has 2 amide bonds. The number of carbonyl (C=O) groups excluding carboxylic acids is 3. The van der Waals surface area contributed by atoms with Gasteiger partial charge in [0, 0.05) is 60.7 Å². The van der Waals surface area contributed by atoms with Gasteiger partial charge in [-0.05, 0) is 129 Å². The summed E-state index contributed by atoms with van der Waals surface area (Å²) < 4.78 is 80.5. The van der Waals surface area contributed by atoms with Gasteiger partial charge in [0.25, 0.3) is 11.8 Å². The Morgan fingerprint density at radius 1 is 0.603 bits per heavy atom. The third-order valence-corrected chi connectivity index (χ3v) is 14.3. The van der Waals surface area contributed by atoms with Crippen molar-refractivity contribution in [1.82, 2.24) is 10.6 Å². The molecule has 0 atom stereocenters. The zero-order valence-electron chi connectivity index (χ0n) is 42.0. The molecule has 0 aromatic heterocycles. The maximum atomic E-state index is 14.5. The molecule has 7 aromatic rings. The Bertz CT molecular complexity index is 3500. The fourth-order valence-corrected chi connectivity index (χ4v) is 10.4. The molecule has 73 heavy (non-hydrogen) atoms. The number of hydrogen-bond acceptors (Lipinski definition) is 11. The van der Waals surface area contributed by atoms with Gasteiger partial charge in [0.05, 0.1) is 38.9 Å². The van der Waals surface area contributed by atoms with Crippen molar-refractivity contribution in [2.24, 2.45) is 0 Å². The number of amides is 2. The van der Waals surface area contributed by atoms with Crippen molar-refractivity contribution < 1.29 is 74.6 Å². The van der Waals surface area contributed by atoms with Gasteiger partial charge >= 0.3 is 45.6 Å². The van der Waals surface area contributed by atoms with Crippen LogP contribution in [0.15, 0.2) is 137 Å². The van der Waals surface area contributed by atoms with Gasteiger partial charge in [0.1, 0.15) is 27.2 Å². The number of anilines is 4. The van der Waals surface area contributed by atoms with Gasteiger partial charge < -0.3 is 30.6 Å². The summed E-state index contributed by atoms with van der Waals surface area (Å²) in [7, 11) is -7.38. The van der Waals surface area contributed by atoms with Gasteiger partial charge in [0.15, 0.2) is 0 Å². The van der Waals surface area contributed by atoms with Crippen LogP contribution >= 0.6 is 0 Å². The summed E-state index contributed by atoms with van der Waals surface area (Å²) in [6.07, 6.45) is 0.336. The van der Waals surface area contributed by atoms with Crippen LogP contribution in [0.1, 0.15) is 97.8 Å². The van der Waals surface area contributed by atoms with Crippen molar-refractivity contribution in [2.75, 3.05) is 24.7 Å². The first-order valence-electron chi connectivity index (χ1n) is 22.8. The second-order valence-electron chi connectivity index (χ2n) is 17.5. The van der Waals surface area contributed by atoms with Gasteiger partial charge in [-0.25, -0.2) is 13.2 Å². The minimum Gasteiger partial charge on any atom is -0.744 e. The van der Waals surface area contributed by atoms with Crippen LogP contribution < -0.4 is 50.8 Å². The topological polar surface area (TPSA) is 220 Å². The molecule has 0 unspecified atom stereocenters. The third-order valence-electron chi connectivity index (χ3n) is 12.5. The van der Waals surface area contributed by atoms with Crippen LogP contribution in [0.5, 0.6) is 0 Å². The molecule has 0 aliphatic carbocycles. The molecule has 370 valence electrons. The molecule has 0 saturated heterocycles. The minimum absolute atomic E-state index is 0.